The summed E-state index contributed by atoms with van der Waals surface area (Å²) in [7, 11) is 1.25. The lowest BCUT2D eigenvalue weighted by Crippen LogP contribution is -2.36. The number of benzene rings is 2. The van der Waals surface area contributed by atoms with Gasteiger partial charge in [0, 0.05) is 54.7 Å². The van der Waals surface area contributed by atoms with E-state index in [2.05, 4.69) is 10.3 Å². The zero-order chi connectivity index (χ0) is 26.9. The molecule has 2 aromatic carbocycles. The number of aliphatic hydroxyl groups excluding tert-OH is 1. The highest BCUT2D eigenvalue weighted by Crippen LogP contribution is 2.40. The van der Waals surface area contributed by atoms with Crippen molar-refractivity contribution in [3.8, 4) is 0 Å². The molecule has 1 heterocycles. The predicted molar refractivity (Wildman–Crippen MR) is 138 cm³/mol. The third-order valence-corrected chi connectivity index (χ3v) is 6.19. The van der Waals surface area contributed by atoms with Crippen LogP contribution in [0.5, 0.6) is 0 Å². The van der Waals surface area contributed by atoms with E-state index in [4.69, 9.17) is 14.6 Å². The van der Waals surface area contributed by atoms with Crippen LogP contribution in [0.2, 0.25) is 0 Å². The number of esters is 2. The Morgan fingerprint density at radius 1 is 1.16 bits per heavy atom. The number of nitro benzene ring substituents is 1. The number of nitro groups is 1. The first-order chi connectivity index (χ1) is 17.8. The van der Waals surface area contributed by atoms with Crippen LogP contribution in [0.3, 0.4) is 0 Å². The van der Waals surface area contributed by atoms with Gasteiger partial charge in [-0.15, -0.1) is 0 Å². The Balaban J connectivity index is 1.80. The van der Waals surface area contributed by atoms with Crippen molar-refractivity contribution >= 4 is 29.0 Å². The number of methoxy groups -OCH3 is 1. The normalized spacial score (nSPS) is 17.1. The van der Waals surface area contributed by atoms with Crippen LogP contribution in [0.15, 0.2) is 64.8 Å². The molecule has 196 valence electrons. The molecule has 0 aromatic heterocycles. The third-order valence-electron chi connectivity index (χ3n) is 6.19. The molecule has 0 bridgehead atoms. The molecule has 0 aliphatic carbocycles. The number of carbonyl (C=O) groups is 2. The van der Waals surface area contributed by atoms with Crippen molar-refractivity contribution in [2.75, 3.05) is 32.2 Å². The maximum absolute atomic E-state index is 13.3. The summed E-state index contributed by atoms with van der Waals surface area (Å²) in [4.78, 5) is 41.3. The average molecular weight is 510 g/mol. The SMILES string of the molecule is COC(=O)C1C(C)=NC(C)=C(C(=O)OCCc2ccc(NCCCO)cc2)C1c1cccc([N+](=O)[O-])c1. The number of carbonyl (C=O) groups excluding carboxylic acids is 2. The zero-order valence-electron chi connectivity index (χ0n) is 21.1. The van der Waals surface area contributed by atoms with E-state index in [9.17, 15) is 19.7 Å². The Kier molecular flexibility index (Phi) is 9.51. The van der Waals surface area contributed by atoms with Crippen LogP contribution in [0.1, 0.15) is 37.3 Å². The second kappa shape index (κ2) is 12.8. The molecule has 0 saturated heterocycles. The smallest absolute Gasteiger partial charge is 0.336 e. The minimum Gasteiger partial charge on any atom is -0.468 e. The third kappa shape index (κ3) is 6.79. The molecule has 0 saturated carbocycles. The Labute approximate surface area is 215 Å². The number of aliphatic hydroxyl groups is 1. The molecule has 0 amide bonds. The standard InChI is InChI=1S/C27H31N3O7/c1-17-23(26(32)36-3)25(20-6-4-7-22(16-20)30(34)35)24(18(2)29-17)27(33)37-15-12-19-8-10-21(11-9-19)28-13-5-14-31/h4,6-11,16,23,25,28,31H,5,12-15H2,1-3H3. The first kappa shape index (κ1) is 27.5. The van der Waals surface area contributed by atoms with E-state index in [0.717, 1.165) is 11.3 Å². The first-order valence-corrected chi connectivity index (χ1v) is 12.0. The summed E-state index contributed by atoms with van der Waals surface area (Å²) in [5.74, 6) is -3.00. The highest BCUT2D eigenvalue weighted by molar-refractivity contribution is 6.07. The molecular formula is C27H31N3O7. The minimum absolute atomic E-state index is 0.0974. The average Bonchev–Trinajstić information content (AvgIpc) is 2.88. The van der Waals surface area contributed by atoms with E-state index in [1.807, 2.05) is 24.3 Å². The zero-order valence-corrected chi connectivity index (χ0v) is 21.1. The van der Waals surface area contributed by atoms with Gasteiger partial charge in [0.05, 0.1) is 24.2 Å². The van der Waals surface area contributed by atoms with Gasteiger partial charge in [0.15, 0.2) is 0 Å². The van der Waals surface area contributed by atoms with Gasteiger partial charge in [-0.1, -0.05) is 24.3 Å². The van der Waals surface area contributed by atoms with Crippen LogP contribution in [0.25, 0.3) is 0 Å². The van der Waals surface area contributed by atoms with Crippen LogP contribution in [0, 0.1) is 16.0 Å². The van der Waals surface area contributed by atoms with Gasteiger partial charge < -0.3 is 19.9 Å². The lowest BCUT2D eigenvalue weighted by atomic mass is 9.75. The predicted octanol–water partition coefficient (Wildman–Crippen LogP) is 3.80. The van der Waals surface area contributed by atoms with Crippen LogP contribution >= 0.6 is 0 Å². The lowest BCUT2D eigenvalue weighted by molar-refractivity contribution is -0.384. The monoisotopic (exact) mass is 509 g/mol. The molecule has 1 aliphatic heterocycles. The van der Waals surface area contributed by atoms with E-state index >= 15 is 0 Å². The van der Waals surface area contributed by atoms with Gasteiger partial charge in [-0.05, 0) is 43.5 Å². The number of allylic oxidation sites excluding steroid dienone is 1. The molecule has 0 fully saturated rings. The molecule has 1 aliphatic rings. The van der Waals surface area contributed by atoms with E-state index in [0.29, 0.717) is 36.4 Å². The highest BCUT2D eigenvalue weighted by atomic mass is 16.6. The summed E-state index contributed by atoms with van der Waals surface area (Å²) in [5, 5.41) is 23.5. The Bertz CT molecular complexity index is 1200. The van der Waals surface area contributed by atoms with E-state index in [1.54, 1.807) is 19.9 Å². The van der Waals surface area contributed by atoms with Crippen LogP contribution < -0.4 is 5.32 Å². The number of aliphatic imine (C=N–C) groups is 1. The number of rotatable bonds is 11. The van der Waals surface area contributed by atoms with Crippen molar-refractivity contribution < 1.29 is 29.1 Å². The first-order valence-electron chi connectivity index (χ1n) is 12.0. The number of ether oxygens (including phenoxy) is 2. The van der Waals surface area contributed by atoms with E-state index in [1.165, 1.54) is 25.3 Å². The van der Waals surface area contributed by atoms with Crippen molar-refractivity contribution in [3.63, 3.8) is 0 Å². The summed E-state index contributed by atoms with van der Waals surface area (Å²) in [6.07, 6.45) is 1.13. The number of non-ortho nitro benzene ring substituents is 1. The largest absolute Gasteiger partial charge is 0.468 e. The molecular weight excluding hydrogens is 478 g/mol. The maximum Gasteiger partial charge on any atom is 0.336 e. The molecule has 3 rings (SSSR count). The molecule has 0 spiro atoms. The Hall–Kier alpha value is -4.05. The number of nitrogens with zero attached hydrogens (tertiary/aromatic N) is 2. The molecule has 10 nitrogen and oxygen atoms in total. The maximum atomic E-state index is 13.3. The van der Waals surface area contributed by atoms with Gasteiger partial charge in [-0.3, -0.25) is 19.9 Å². The summed E-state index contributed by atoms with van der Waals surface area (Å²) in [6, 6.07) is 13.5. The summed E-state index contributed by atoms with van der Waals surface area (Å²) < 4.78 is 10.6. The summed E-state index contributed by atoms with van der Waals surface area (Å²) in [5.41, 5.74) is 3.17. The summed E-state index contributed by atoms with van der Waals surface area (Å²) >= 11 is 0. The van der Waals surface area contributed by atoms with Gasteiger partial charge in [0.25, 0.3) is 5.69 Å². The quantitative estimate of drug-likeness (QED) is 0.202. The fourth-order valence-corrected chi connectivity index (χ4v) is 4.37. The number of nitrogens with one attached hydrogen (secondary N) is 1. The number of anilines is 1. The van der Waals surface area contributed by atoms with Crippen molar-refractivity contribution in [1.82, 2.24) is 0 Å². The second-order valence-electron chi connectivity index (χ2n) is 8.67. The van der Waals surface area contributed by atoms with Crippen molar-refractivity contribution in [2.45, 2.75) is 32.6 Å². The number of hydrogen-bond donors (Lipinski definition) is 2. The van der Waals surface area contributed by atoms with E-state index in [-0.39, 0.29) is 24.5 Å². The number of hydrogen-bond acceptors (Lipinski definition) is 9. The fourth-order valence-electron chi connectivity index (χ4n) is 4.37. The van der Waals surface area contributed by atoms with Crippen LogP contribution in [-0.2, 0) is 25.5 Å². The fraction of sp³-hybridized carbons (Fsp3) is 0.370. The highest BCUT2D eigenvalue weighted by Gasteiger charge is 2.42. The Morgan fingerprint density at radius 2 is 1.89 bits per heavy atom. The second-order valence-corrected chi connectivity index (χ2v) is 8.67. The van der Waals surface area contributed by atoms with E-state index < -0.39 is 28.7 Å². The van der Waals surface area contributed by atoms with Gasteiger partial charge in [0.2, 0.25) is 0 Å². The molecule has 2 atom stereocenters. The van der Waals surface area contributed by atoms with Crippen LogP contribution in [-0.4, -0.2) is 54.5 Å². The van der Waals surface area contributed by atoms with Crippen molar-refractivity contribution in [1.29, 1.82) is 0 Å². The van der Waals surface area contributed by atoms with Gasteiger partial charge in [-0.2, -0.15) is 0 Å². The Morgan fingerprint density at radius 3 is 2.54 bits per heavy atom. The van der Waals surface area contributed by atoms with Crippen molar-refractivity contribution in [3.05, 3.63) is 81.0 Å². The van der Waals surface area contributed by atoms with Crippen molar-refractivity contribution in [2.24, 2.45) is 10.9 Å². The molecule has 0 radical (unpaired) electrons. The van der Waals surface area contributed by atoms with Gasteiger partial charge >= 0.3 is 11.9 Å². The minimum atomic E-state index is -0.927. The molecule has 2 N–H and O–H groups in total. The van der Waals surface area contributed by atoms with Gasteiger partial charge in [-0.25, -0.2) is 4.79 Å². The van der Waals surface area contributed by atoms with Crippen LogP contribution in [0.4, 0.5) is 11.4 Å². The molecule has 10 heteroatoms. The lowest BCUT2D eigenvalue weighted by Gasteiger charge is -2.31. The molecule has 37 heavy (non-hydrogen) atoms. The van der Waals surface area contributed by atoms with Gasteiger partial charge in [0.1, 0.15) is 5.92 Å². The molecule has 2 aromatic rings. The topological polar surface area (TPSA) is 140 Å². The summed E-state index contributed by atoms with van der Waals surface area (Å²) in [6.45, 7) is 4.21. The molecule has 2 unspecified atom stereocenters.